The van der Waals surface area contributed by atoms with Crippen LogP contribution < -0.4 is 19.8 Å². The number of ether oxygens (including phenoxy) is 8. The molecule has 10 heteroatoms. The van der Waals surface area contributed by atoms with Crippen molar-refractivity contribution in [2.45, 2.75) is 83.5 Å². The summed E-state index contributed by atoms with van der Waals surface area (Å²) in [5.74, 6) is 0.670. The van der Waals surface area contributed by atoms with E-state index in [1.807, 2.05) is 158 Å². The summed E-state index contributed by atoms with van der Waals surface area (Å²) in [5, 5.41) is 0.545. The first kappa shape index (κ1) is 46.0. The first-order valence-electron chi connectivity index (χ1n) is 22.6. The molecule has 8 rings (SSSR count). The number of benzene rings is 6. The molecule has 1 fully saturated rings. The molecule has 0 aliphatic carbocycles. The highest BCUT2D eigenvalue weighted by atomic mass is 16.7. The maximum atomic E-state index is 13.7. The van der Waals surface area contributed by atoms with E-state index in [1.165, 1.54) is 0 Å². The third kappa shape index (κ3) is 12.8. The molecule has 1 aliphatic heterocycles. The van der Waals surface area contributed by atoms with Crippen molar-refractivity contribution in [2.24, 2.45) is 0 Å². The van der Waals surface area contributed by atoms with Gasteiger partial charge in [0.2, 0.25) is 12.0 Å². The van der Waals surface area contributed by atoms with Crippen LogP contribution in [0.3, 0.4) is 0 Å². The molecule has 7 aromatic rings. The molecule has 6 aromatic carbocycles. The fourth-order valence-electron chi connectivity index (χ4n) is 7.70. The fourth-order valence-corrected chi connectivity index (χ4v) is 7.70. The second-order valence-electron chi connectivity index (χ2n) is 15.9. The third-order valence-corrected chi connectivity index (χ3v) is 11.0. The number of hydrogen-bond acceptors (Lipinski definition) is 10. The minimum Gasteiger partial charge on any atom is -0.484 e. The maximum Gasteiger partial charge on any atom is 0.383 e. The Labute approximate surface area is 386 Å². The highest BCUT2D eigenvalue weighted by Gasteiger charge is 2.50. The largest absolute Gasteiger partial charge is 0.484 e. The lowest BCUT2D eigenvalue weighted by Gasteiger charge is -2.45. The van der Waals surface area contributed by atoms with Gasteiger partial charge in [0.25, 0.3) is 0 Å². The third-order valence-electron chi connectivity index (χ3n) is 11.0. The lowest BCUT2D eigenvalue weighted by atomic mass is 9.97. The summed E-state index contributed by atoms with van der Waals surface area (Å²) < 4.78 is 59.0. The fraction of sp³-hybridized carbons (Fsp3) is 0.268. The van der Waals surface area contributed by atoms with Crippen molar-refractivity contribution in [3.8, 4) is 17.2 Å². The van der Waals surface area contributed by atoms with Crippen molar-refractivity contribution in [1.29, 1.82) is 0 Å². The van der Waals surface area contributed by atoms with E-state index in [2.05, 4.69) is 13.0 Å². The number of allylic oxidation sites excluding steroid dienone is 1. The molecular formula is C56H56O10. The molecule has 1 saturated heterocycles. The summed E-state index contributed by atoms with van der Waals surface area (Å²) in [6.45, 7) is 3.90. The number of hydrogen-bond donors (Lipinski definition) is 0. The number of rotatable bonds is 23. The van der Waals surface area contributed by atoms with E-state index < -0.39 is 36.3 Å². The molecule has 0 bridgehead atoms. The van der Waals surface area contributed by atoms with E-state index in [4.69, 9.17) is 42.3 Å². The van der Waals surface area contributed by atoms with Crippen molar-refractivity contribution in [3.05, 3.63) is 220 Å². The van der Waals surface area contributed by atoms with Gasteiger partial charge in [-0.15, -0.1) is 0 Å². The quantitative estimate of drug-likeness (QED) is 0.0350. The summed E-state index contributed by atoms with van der Waals surface area (Å²) >= 11 is 0. The molecule has 0 unspecified atom stereocenters. The minimum absolute atomic E-state index is 0.0142. The molecule has 66 heavy (non-hydrogen) atoms. The minimum atomic E-state index is -1.03. The lowest BCUT2D eigenvalue weighted by Crippen LogP contribution is -2.62. The monoisotopic (exact) mass is 888 g/mol. The maximum absolute atomic E-state index is 13.7. The van der Waals surface area contributed by atoms with Gasteiger partial charge in [0, 0.05) is 6.07 Å². The molecule has 0 spiro atoms. The Kier molecular flexibility index (Phi) is 16.8. The SMILES string of the molecule is CC/C=C/CCOc1c(OCc2ccccc2)c2ccc(O[C@@H]3O[C@H](COCc4ccccc4)[C@H](OCc4ccccc4)[C@H](OCc4ccccc4)[C@H]3OCc3ccccc3)cc2oc1=O. The predicted molar refractivity (Wildman–Crippen MR) is 253 cm³/mol. The van der Waals surface area contributed by atoms with Gasteiger partial charge in [-0.3, -0.25) is 0 Å². The summed E-state index contributed by atoms with van der Waals surface area (Å²) in [4.78, 5) is 13.7. The van der Waals surface area contributed by atoms with Gasteiger partial charge >= 0.3 is 5.63 Å². The van der Waals surface area contributed by atoms with Crippen molar-refractivity contribution in [3.63, 3.8) is 0 Å². The molecule has 5 atom stereocenters. The zero-order valence-electron chi connectivity index (χ0n) is 37.2. The Hall–Kier alpha value is -6.53. The van der Waals surface area contributed by atoms with Crippen LogP contribution in [0, 0.1) is 0 Å². The van der Waals surface area contributed by atoms with Crippen molar-refractivity contribution in [1.82, 2.24) is 0 Å². The molecule has 1 aliphatic rings. The Morgan fingerprint density at radius 3 is 1.61 bits per heavy atom. The standard InChI is InChI=1S/C56H56O10/c1-2-3-4-20-33-59-53-50(60-36-42-23-12-6-13-24-42)47-32-31-46(34-48(47)65-55(53)57)64-56-54(63-39-45-29-18-9-19-30-45)52(62-38-44-27-16-8-17-28-44)51(61-37-43-25-14-7-15-26-43)49(66-56)40-58-35-41-21-10-5-11-22-41/h3-19,21-32,34,49,51-52,54,56H,2,20,33,35-40H2,1H3/b4-3+/t49-,51+,52+,54-,56-/m1/s1. The Morgan fingerprint density at radius 2 is 1.05 bits per heavy atom. The van der Waals surface area contributed by atoms with Crippen molar-refractivity contribution >= 4 is 11.0 Å². The summed E-state index contributed by atoms with van der Waals surface area (Å²) in [5.41, 5.74) is 4.49. The molecule has 2 heterocycles. The Balaban J connectivity index is 1.14. The van der Waals surface area contributed by atoms with Crippen LogP contribution in [0.4, 0.5) is 0 Å². The second kappa shape index (κ2) is 24.1. The van der Waals surface area contributed by atoms with Gasteiger partial charge in [-0.2, -0.15) is 0 Å². The average molecular weight is 889 g/mol. The van der Waals surface area contributed by atoms with Crippen LogP contribution >= 0.6 is 0 Å². The summed E-state index contributed by atoms with van der Waals surface area (Å²) in [7, 11) is 0. The van der Waals surface area contributed by atoms with E-state index in [1.54, 1.807) is 18.2 Å². The van der Waals surface area contributed by atoms with E-state index >= 15 is 0 Å². The van der Waals surface area contributed by atoms with E-state index in [9.17, 15) is 4.79 Å². The highest BCUT2D eigenvalue weighted by Crippen LogP contribution is 2.37. The van der Waals surface area contributed by atoms with Crippen molar-refractivity contribution < 1.29 is 42.3 Å². The lowest BCUT2D eigenvalue weighted by molar-refractivity contribution is -0.310. The van der Waals surface area contributed by atoms with Gasteiger partial charge in [0.1, 0.15) is 42.4 Å². The molecular weight excluding hydrogens is 833 g/mol. The van der Waals surface area contributed by atoms with Crippen LogP contribution in [0.25, 0.3) is 11.0 Å². The Bertz CT molecular complexity index is 2590. The van der Waals surface area contributed by atoms with Crippen LogP contribution in [0.1, 0.15) is 47.6 Å². The Morgan fingerprint density at radius 1 is 0.530 bits per heavy atom. The van der Waals surface area contributed by atoms with Crippen LogP contribution in [0.5, 0.6) is 17.2 Å². The zero-order valence-corrected chi connectivity index (χ0v) is 37.2. The topological polar surface area (TPSA) is 104 Å². The zero-order chi connectivity index (χ0) is 45.2. The molecule has 10 nitrogen and oxygen atoms in total. The molecule has 0 amide bonds. The predicted octanol–water partition coefficient (Wildman–Crippen LogP) is 11.2. The molecule has 1 aromatic heterocycles. The number of fused-ring (bicyclic) bond motifs is 1. The van der Waals surface area contributed by atoms with Crippen LogP contribution in [0.2, 0.25) is 0 Å². The van der Waals surface area contributed by atoms with Crippen LogP contribution in [-0.2, 0) is 56.7 Å². The highest BCUT2D eigenvalue weighted by molar-refractivity contribution is 5.86. The smallest absolute Gasteiger partial charge is 0.383 e. The summed E-state index contributed by atoms with van der Waals surface area (Å²) in [6, 6.07) is 54.9. The van der Waals surface area contributed by atoms with Gasteiger partial charge < -0.3 is 42.3 Å². The van der Waals surface area contributed by atoms with Gasteiger partial charge in [0.05, 0.1) is 45.0 Å². The van der Waals surface area contributed by atoms with Gasteiger partial charge in [-0.1, -0.05) is 171 Å². The van der Waals surface area contributed by atoms with Crippen molar-refractivity contribution in [2.75, 3.05) is 13.2 Å². The second-order valence-corrected chi connectivity index (χ2v) is 15.9. The normalized spacial score (nSPS) is 18.3. The van der Waals surface area contributed by atoms with Gasteiger partial charge in [-0.05, 0) is 52.8 Å². The first-order chi connectivity index (χ1) is 32.6. The molecule has 0 radical (unpaired) electrons. The molecule has 0 N–H and O–H groups in total. The average Bonchev–Trinajstić information content (AvgIpc) is 3.36. The molecule has 340 valence electrons. The molecule has 0 saturated carbocycles. The van der Waals surface area contributed by atoms with E-state index in [0.717, 1.165) is 34.2 Å². The van der Waals surface area contributed by atoms with Gasteiger partial charge in [0.15, 0.2) is 5.75 Å². The van der Waals surface area contributed by atoms with Crippen LogP contribution in [-0.4, -0.2) is 43.9 Å². The van der Waals surface area contributed by atoms with Gasteiger partial charge in [-0.25, -0.2) is 4.79 Å². The first-order valence-corrected chi connectivity index (χ1v) is 22.6. The summed E-state index contributed by atoms with van der Waals surface area (Å²) in [6.07, 6.45) is 1.75. The van der Waals surface area contributed by atoms with Crippen LogP contribution in [0.15, 0.2) is 191 Å². The van der Waals surface area contributed by atoms with E-state index in [-0.39, 0.29) is 50.1 Å². The van der Waals surface area contributed by atoms with E-state index in [0.29, 0.717) is 30.8 Å².